The number of nitrogens with one attached hydrogen (secondary N) is 2. The monoisotopic (exact) mass is 443 g/mol. The number of pyridine rings is 3. The molecular formula is C22H14FN7OS. The van der Waals surface area contributed by atoms with Gasteiger partial charge in [0.15, 0.2) is 16.6 Å². The summed E-state index contributed by atoms with van der Waals surface area (Å²) in [4.78, 5) is 22.1. The van der Waals surface area contributed by atoms with Crippen LogP contribution in [-0.2, 0) is 0 Å². The van der Waals surface area contributed by atoms with E-state index in [1.165, 1.54) is 6.07 Å². The van der Waals surface area contributed by atoms with Crippen molar-refractivity contribution in [2.45, 2.75) is 0 Å². The van der Waals surface area contributed by atoms with Gasteiger partial charge in [-0.05, 0) is 30.3 Å². The van der Waals surface area contributed by atoms with Gasteiger partial charge in [0, 0.05) is 28.4 Å². The second kappa shape index (κ2) is 7.20. The van der Waals surface area contributed by atoms with Crippen molar-refractivity contribution in [2.24, 2.45) is 0 Å². The minimum atomic E-state index is -0.255. The number of methoxy groups -OCH3 is 1. The minimum absolute atomic E-state index is 0.255. The largest absolute Gasteiger partial charge is 0.495 e. The summed E-state index contributed by atoms with van der Waals surface area (Å²) >= 11 is 1.06. The second-order valence-corrected chi connectivity index (χ2v) is 8.08. The Bertz CT molecular complexity index is 1600. The highest BCUT2D eigenvalue weighted by atomic mass is 32.1. The van der Waals surface area contributed by atoms with E-state index in [2.05, 4.69) is 25.1 Å². The molecule has 0 atom stereocenters. The molecular weight excluding hydrogens is 429 g/mol. The van der Waals surface area contributed by atoms with Crippen LogP contribution in [0.4, 0.5) is 4.39 Å². The van der Waals surface area contributed by atoms with Gasteiger partial charge in [0.05, 0.1) is 36.2 Å². The van der Waals surface area contributed by atoms with Crippen LogP contribution in [0.3, 0.4) is 0 Å². The zero-order valence-corrected chi connectivity index (χ0v) is 17.4. The van der Waals surface area contributed by atoms with Crippen molar-refractivity contribution in [1.82, 2.24) is 35.1 Å². The topological polar surface area (TPSA) is 105 Å². The lowest BCUT2D eigenvalue weighted by molar-refractivity contribution is 0.413. The fraction of sp³-hybridized carbons (Fsp3) is 0.0455. The third-order valence-electron chi connectivity index (χ3n) is 5.11. The second-order valence-electron chi connectivity index (χ2n) is 7.05. The van der Waals surface area contributed by atoms with Gasteiger partial charge in [0.2, 0.25) is 0 Å². The normalized spacial score (nSPS) is 11.4. The molecule has 0 aliphatic carbocycles. The van der Waals surface area contributed by atoms with Crippen LogP contribution in [0.2, 0.25) is 0 Å². The molecule has 0 saturated heterocycles. The number of imidazole rings is 1. The van der Waals surface area contributed by atoms with Crippen molar-refractivity contribution in [3.63, 3.8) is 0 Å². The van der Waals surface area contributed by atoms with Crippen molar-refractivity contribution in [2.75, 3.05) is 7.11 Å². The number of H-pyrrole nitrogens is 2. The van der Waals surface area contributed by atoms with Crippen LogP contribution in [-0.4, -0.2) is 42.2 Å². The van der Waals surface area contributed by atoms with Crippen LogP contribution in [0.1, 0.15) is 0 Å². The Kier molecular flexibility index (Phi) is 4.18. The Hall–Kier alpha value is -4.18. The van der Waals surface area contributed by atoms with E-state index in [-0.39, 0.29) is 5.13 Å². The number of halogens is 1. The Labute approximate surface area is 184 Å². The zero-order chi connectivity index (χ0) is 21.7. The Morgan fingerprint density at radius 1 is 0.938 bits per heavy atom. The number of hydrogen-bond acceptors (Lipinski definition) is 7. The lowest BCUT2D eigenvalue weighted by atomic mass is 10.1. The fourth-order valence-corrected chi connectivity index (χ4v) is 4.32. The summed E-state index contributed by atoms with van der Waals surface area (Å²) in [5.74, 6) is 1.20. The summed E-state index contributed by atoms with van der Waals surface area (Å²) in [6, 6.07) is 8.85. The Morgan fingerprint density at radius 3 is 2.69 bits per heavy atom. The molecule has 0 aliphatic rings. The molecule has 0 spiro atoms. The van der Waals surface area contributed by atoms with Crippen LogP contribution in [0.15, 0.2) is 55.1 Å². The van der Waals surface area contributed by atoms with E-state index < -0.39 is 0 Å². The third-order valence-corrected chi connectivity index (χ3v) is 6.02. The van der Waals surface area contributed by atoms with E-state index in [0.29, 0.717) is 28.3 Å². The molecule has 156 valence electrons. The van der Waals surface area contributed by atoms with Gasteiger partial charge in [-0.25, -0.2) is 9.97 Å². The number of fused-ring (bicyclic) bond motifs is 2. The van der Waals surface area contributed by atoms with E-state index in [9.17, 15) is 4.39 Å². The molecule has 6 aromatic heterocycles. The maximum Gasteiger partial charge on any atom is 0.176 e. The zero-order valence-electron chi connectivity index (χ0n) is 16.6. The molecule has 32 heavy (non-hydrogen) atoms. The van der Waals surface area contributed by atoms with Crippen LogP contribution in [0, 0.1) is 5.13 Å². The van der Waals surface area contributed by atoms with Crippen LogP contribution in [0.25, 0.3) is 55.3 Å². The molecule has 0 amide bonds. The number of aromatic amines is 2. The number of thiophene rings is 1. The lowest BCUT2D eigenvalue weighted by Gasteiger charge is -2.03. The van der Waals surface area contributed by atoms with Gasteiger partial charge in [0.25, 0.3) is 0 Å². The molecule has 0 saturated carbocycles. The van der Waals surface area contributed by atoms with Gasteiger partial charge in [-0.3, -0.25) is 15.1 Å². The van der Waals surface area contributed by atoms with Gasteiger partial charge in [-0.2, -0.15) is 9.49 Å². The Morgan fingerprint density at radius 2 is 1.84 bits per heavy atom. The van der Waals surface area contributed by atoms with Crippen molar-refractivity contribution >= 4 is 33.4 Å². The molecule has 0 radical (unpaired) electrons. The van der Waals surface area contributed by atoms with Crippen LogP contribution in [0.5, 0.6) is 5.75 Å². The maximum atomic E-state index is 13.6. The molecule has 0 aromatic carbocycles. The van der Waals surface area contributed by atoms with Crippen molar-refractivity contribution in [3.05, 3.63) is 60.3 Å². The average Bonchev–Trinajstić information content (AvgIpc) is 3.55. The quantitative estimate of drug-likeness (QED) is 0.404. The maximum absolute atomic E-state index is 13.6. The molecule has 10 heteroatoms. The van der Waals surface area contributed by atoms with E-state index in [1.54, 1.807) is 38.0 Å². The number of ether oxygens (including phenoxy) is 1. The van der Waals surface area contributed by atoms with Crippen molar-refractivity contribution < 1.29 is 9.13 Å². The van der Waals surface area contributed by atoms with Crippen molar-refractivity contribution in [1.29, 1.82) is 0 Å². The predicted molar refractivity (Wildman–Crippen MR) is 120 cm³/mol. The van der Waals surface area contributed by atoms with Crippen molar-refractivity contribution in [3.8, 4) is 39.0 Å². The van der Waals surface area contributed by atoms with E-state index in [4.69, 9.17) is 14.7 Å². The van der Waals surface area contributed by atoms with Gasteiger partial charge in [-0.15, -0.1) is 11.3 Å². The molecule has 2 N–H and O–H groups in total. The van der Waals surface area contributed by atoms with Gasteiger partial charge in [-0.1, -0.05) is 0 Å². The molecule has 6 heterocycles. The molecule has 6 rings (SSSR count). The summed E-state index contributed by atoms with van der Waals surface area (Å²) in [6.07, 6.45) is 6.75. The molecule has 0 fully saturated rings. The number of rotatable bonds is 4. The van der Waals surface area contributed by atoms with Gasteiger partial charge >= 0.3 is 0 Å². The summed E-state index contributed by atoms with van der Waals surface area (Å²) in [5, 5.41) is 7.19. The predicted octanol–water partition coefficient (Wildman–Crippen LogP) is 4.83. The number of aromatic nitrogens is 7. The molecule has 0 aliphatic heterocycles. The number of nitrogens with zero attached hydrogens (tertiary/aromatic N) is 5. The highest BCUT2D eigenvalue weighted by molar-refractivity contribution is 7.14. The van der Waals surface area contributed by atoms with Gasteiger partial charge < -0.3 is 9.72 Å². The summed E-state index contributed by atoms with van der Waals surface area (Å²) in [7, 11) is 1.60. The first kappa shape index (κ1) is 18.6. The van der Waals surface area contributed by atoms with E-state index >= 15 is 0 Å². The highest BCUT2D eigenvalue weighted by Crippen LogP contribution is 2.34. The molecule has 8 nitrogen and oxygen atoms in total. The smallest absolute Gasteiger partial charge is 0.176 e. The van der Waals surface area contributed by atoms with E-state index in [1.807, 2.05) is 18.2 Å². The first-order chi connectivity index (χ1) is 15.7. The first-order valence-electron chi connectivity index (χ1n) is 9.64. The lowest BCUT2D eigenvalue weighted by Crippen LogP contribution is -1.89. The summed E-state index contributed by atoms with van der Waals surface area (Å²) < 4.78 is 18.8. The first-order valence-corrected chi connectivity index (χ1v) is 10.5. The molecule has 6 aromatic rings. The minimum Gasteiger partial charge on any atom is -0.495 e. The molecule has 0 bridgehead atoms. The third kappa shape index (κ3) is 3.00. The van der Waals surface area contributed by atoms with Gasteiger partial charge in [0.1, 0.15) is 16.8 Å². The van der Waals surface area contributed by atoms with Crippen LogP contribution >= 0.6 is 11.3 Å². The van der Waals surface area contributed by atoms with E-state index in [0.717, 1.165) is 44.1 Å². The van der Waals surface area contributed by atoms with Crippen LogP contribution < -0.4 is 4.74 Å². The highest BCUT2D eigenvalue weighted by Gasteiger charge is 2.18. The Balaban J connectivity index is 1.49. The fourth-order valence-electron chi connectivity index (χ4n) is 3.58. The molecule has 0 unspecified atom stereocenters. The summed E-state index contributed by atoms with van der Waals surface area (Å²) in [6.45, 7) is 0. The standard InChI is InChI=1S/C22H14FN7OS/c1-31-12-6-11(7-24-8-12)14-2-3-15-20(26-14)21(30-29-15)22-27-16-10-25-9-13(19(16)28-22)17-4-5-18(23)32-17/h2-10H,1H3,(H,27,28)(H,29,30). The summed E-state index contributed by atoms with van der Waals surface area (Å²) in [5.41, 5.74) is 5.77. The SMILES string of the molecule is COc1cncc(-c2ccc3[nH]nc(-c4nc5c(-c6ccc(F)s6)cncc5[nH]4)c3n2)c1. The average molecular weight is 443 g/mol. The number of hydrogen-bond donors (Lipinski definition) is 2.